The Labute approximate surface area is 179 Å². The number of rotatable bonds is 6. The van der Waals surface area contributed by atoms with E-state index in [9.17, 15) is 9.59 Å². The molecule has 6 nitrogen and oxygen atoms in total. The van der Waals surface area contributed by atoms with Gasteiger partial charge in [0.25, 0.3) is 0 Å². The molecule has 0 aliphatic rings. The molecule has 0 N–H and O–H groups in total. The van der Waals surface area contributed by atoms with Crippen molar-refractivity contribution in [2.45, 2.75) is 0 Å². The maximum Gasteiger partial charge on any atom is 0.338 e. The minimum Gasteiger partial charge on any atom is -0.493 e. The van der Waals surface area contributed by atoms with Gasteiger partial charge in [-0.1, -0.05) is 54.6 Å². The number of carbonyl (C=O) groups excluding carboxylic acids is 2. The molecule has 1 aromatic heterocycles. The van der Waals surface area contributed by atoms with Crippen LogP contribution in [0.5, 0.6) is 11.5 Å². The zero-order valence-corrected chi connectivity index (χ0v) is 17.3. The fourth-order valence-electron chi connectivity index (χ4n) is 3.47. The second-order valence-electron chi connectivity index (χ2n) is 6.78. The summed E-state index contributed by atoms with van der Waals surface area (Å²) in [7, 11) is 4.20. The van der Waals surface area contributed by atoms with Crippen LogP contribution in [0.2, 0.25) is 0 Å². The summed E-state index contributed by atoms with van der Waals surface area (Å²) in [4.78, 5) is 25.4. The number of methoxy groups -OCH3 is 3. The number of hydrogen-bond donors (Lipinski definition) is 0. The third-order valence-corrected chi connectivity index (χ3v) is 5.04. The van der Waals surface area contributed by atoms with Gasteiger partial charge in [-0.3, -0.25) is 4.79 Å². The molecule has 0 saturated carbocycles. The van der Waals surface area contributed by atoms with Crippen molar-refractivity contribution in [3.8, 4) is 22.6 Å². The number of fused-ring (bicyclic) bond motifs is 1. The first kappa shape index (κ1) is 20.2. The molecule has 0 bridgehead atoms. The van der Waals surface area contributed by atoms with E-state index in [1.54, 1.807) is 12.1 Å². The van der Waals surface area contributed by atoms with E-state index >= 15 is 0 Å². The normalized spacial score (nSPS) is 10.7. The highest BCUT2D eigenvalue weighted by atomic mass is 16.5. The molecule has 0 atom stereocenters. The maximum atomic E-state index is 13.1. The lowest BCUT2D eigenvalue weighted by molar-refractivity contribution is 0.0602. The van der Waals surface area contributed by atoms with Crippen molar-refractivity contribution >= 4 is 22.7 Å². The Bertz CT molecular complexity index is 1250. The van der Waals surface area contributed by atoms with Crippen molar-refractivity contribution in [1.29, 1.82) is 0 Å². The first-order valence-electron chi connectivity index (χ1n) is 9.54. The predicted octanol–water partition coefficient (Wildman–Crippen LogP) is 5.13. The first-order chi connectivity index (χ1) is 15.1. The highest BCUT2D eigenvalue weighted by Crippen LogP contribution is 2.40. The third kappa shape index (κ3) is 3.64. The Kier molecular flexibility index (Phi) is 5.45. The third-order valence-electron chi connectivity index (χ3n) is 5.04. The number of carbonyl (C=O) groups is 2. The second kappa shape index (κ2) is 8.36. The van der Waals surface area contributed by atoms with Gasteiger partial charge in [0.2, 0.25) is 11.5 Å². The number of ether oxygens (including phenoxy) is 3. The number of hydrogen-bond acceptors (Lipinski definition) is 6. The van der Waals surface area contributed by atoms with Crippen LogP contribution in [0.1, 0.15) is 26.5 Å². The highest BCUT2D eigenvalue weighted by molar-refractivity contribution is 6.12. The molecule has 4 aromatic rings. The summed E-state index contributed by atoms with van der Waals surface area (Å²) < 4.78 is 21.4. The lowest BCUT2D eigenvalue weighted by Crippen LogP contribution is -2.03. The largest absolute Gasteiger partial charge is 0.493 e. The summed E-state index contributed by atoms with van der Waals surface area (Å²) in [5.74, 6) is -0.204. The molecule has 0 aliphatic heterocycles. The van der Waals surface area contributed by atoms with Gasteiger partial charge in [-0.25, -0.2) is 4.79 Å². The van der Waals surface area contributed by atoms with Crippen molar-refractivity contribution in [2.24, 2.45) is 0 Å². The van der Waals surface area contributed by atoms with Crippen molar-refractivity contribution < 1.29 is 28.2 Å². The second-order valence-corrected chi connectivity index (χ2v) is 6.78. The van der Waals surface area contributed by atoms with Crippen LogP contribution in [0.15, 0.2) is 71.1 Å². The predicted molar refractivity (Wildman–Crippen MR) is 116 cm³/mol. The molecular formula is C25H20O6. The van der Waals surface area contributed by atoms with Crippen LogP contribution in [-0.4, -0.2) is 33.1 Å². The van der Waals surface area contributed by atoms with Crippen LogP contribution < -0.4 is 9.47 Å². The average Bonchev–Trinajstić information content (AvgIpc) is 3.27. The molecule has 6 heteroatoms. The molecule has 1 heterocycles. The van der Waals surface area contributed by atoms with E-state index in [-0.39, 0.29) is 22.7 Å². The first-order valence-corrected chi connectivity index (χ1v) is 9.54. The van der Waals surface area contributed by atoms with Crippen LogP contribution in [0.3, 0.4) is 0 Å². The van der Waals surface area contributed by atoms with E-state index in [4.69, 9.17) is 18.6 Å². The van der Waals surface area contributed by atoms with Gasteiger partial charge in [-0.15, -0.1) is 0 Å². The molecule has 0 spiro atoms. The van der Waals surface area contributed by atoms with Gasteiger partial charge in [-0.2, -0.15) is 0 Å². The van der Waals surface area contributed by atoms with Crippen LogP contribution in [0, 0.1) is 0 Å². The Hall–Kier alpha value is -4.06. The summed E-state index contributed by atoms with van der Waals surface area (Å²) in [6.45, 7) is 0. The number of furan rings is 1. The van der Waals surface area contributed by atoms with Gasteiger partial charge in [-0.05, 0) is 23.3 Å². The van der Waals surface area contributed by atoms with E-state index in [1.807, 2.05) is 42.5 Å². The fraction of sp³-hybridized carbons (Fsp3) is 0.120. The molecule has 0 radical (unpaired) electrons. The summed E-state index contributed by atoms with van der Waals surface area (Å²) in [5.41, 5.74) is 2.99. The molecule has 0 unspecified atom stereocenters. The Morgan fingerprint density at radius 1 is 0.806 bits per heavy atom. The van der Waals surface area contributed by atoms with Gasteiger partial charge in [0.1, 0.15) is 0 Å². The molecule has 0 fully saturated rings. The molecule has 3 aromatic carbocycles. The van der Waals surface area contributed by atoms with Crippen molar-refractivity contribution in [2.75, 3.05) is 21.3 Å². The van der Waals surface area contributed by atoms with Crippen LogP contribution in [0.4, 0.5) is 0 Å². The van der Waals surface area contributed by atoms with Crippen LogP contribution >= 0.6 is 0 Å². The van der Waals surface area contributed by atoms with Gasteiger partial charge in [0.15, 0.2) is 17.1 Å². The summed E-state index contributed by atoms with van der Waals surface area (Å²) in [5, 5.41) is 0.411. The summed E-state index contributed by atoms with van der Waals surface area (Å²) in [6.07, 6.45) is 0. The SMILES string of the molecule is COC(=O)c1cc(OC)c(OC)c2oc(C(=O)c3ccc(-c4ccccc4)cc3)cc12. The van der Waals surface area contributed by atoms with Crippen molar-refractivity contribution in [3.05, 3.63) is 83.6 Å². The van der Waals surface area contributed by atoms with Crippen molar-refractivity contribution in [1.82, 2.24) is 0 Å². The van der Waals surface area contributed by atoms with E-state index < -0.39 is 5.97 Å². The number of ketones is 1. The van der Waals surface area contributed by atoms with Crippen molar-refractivity contribution in [3.63, 3.8) is 0 Å². The number of benzene rings is 3. The van der Waals surface area contributed by atoms with Gasteiger partial charge < -0.3 is 18.6 Å². The molecular weight excluding hydrogens is 396 g/mol. The van der Waals surface area contributed by atoms with E-state index in [0.29, 0.717) is 22.4 Å². The van der Waals surface area contributed by atoms with Crippen LogP contribution in [-0.2, 0) is 4.74 Å². The maximum absolute atomic E-state index is 13.1. The summed E-state index contributed by atoms with van der Waals surface area (Å²) in [6, 6.07) is 20.2. The number of esters is 1. The molecule has 0 aliphatic carbocycles. The lowest BCUT2D eigenvalue weighted by atomic mass is 10.0. The molecule has 0 amide bonds. The zero-order chi connectivity index (χ0) is 22.0. The fourth-order valence-corrected chi connectivity index (χ4v) is 3.47. The molecule has 156 valence electrons. The van der Waals surface area contributed by atoms with E-state index in [1.165, 1.54) is 33.5 Å². The molecule has 4 rings (SSSR count). The minimum atomic E-state index is -0.571. The van der Waals surface area contributed by atoms with Gasteiger partial charge >= 0.3 is 5.97 Å². The highest BCUT2D eigenvalue weighted by Gasteiger charge is 2.25. The molecule has 0 saturated heterocycles. The standard InChI is InChI=1S/C25H20O6/c1-28-21-14-19(25(27)30-3)18-13-20(31-23(18)24(21)29-2)22(26)17-11-9-16(10-12-17)15-7-5-4-6-8-15/h4-14H,1-3H3. The van der Waals surface area contributed by atoms with Crippen LogP contribution in [0.25, 0.3) is 22.1 Å². The summed E-state index contributed by atoms with van der Waals surface area (Å²) >= 11 is 0. The zero-order valence-electron chi connectivity index (χ0n) is 17.3. The monoisotopic (exact) mass is 416 g/mol. The Morgan fingerprint density at radius 3 is 2.10 bits per heavy atom. The van der Waals surface area contributed by atoms with E-state index in [0.717, 1.165) is 11.1 Å². The average molecular weight is 416 g/mol. The quantitative estimate of drug-likeness (QED) is 0.320. The van der Waals surface area contributed by atoms with E-state index in [2.05, 4.69) is 0 Å². The molecule has 31 heavy (non-hydrogen) atoms. The minimum absolute atomic E-state index is 0.0826. The topological polar surface area (TPSA) is 75.0 Å². The Morgan fingerprint density at radius 2 is 1.48 bits per heavy atom. The van der Waals surface area contributed by atoms with Gasteiger partial charge in [0, 0.05) is 10.9 Å². The van der Waals surface area contributed by atoms with Gasteiger partial charge in [0.05, 0.1) is 26.9 Å². The smallest absolute Gasteiger partial charge is 0.338 e. The lowest BCUT2D eigenvalue weighted by Gasteiger charge is -2.10. The Balaban J connectivity index is 1.77.